The molecule has 2 aliphatic rings. The fourth-order valence-corrected chi connectivity index (χ4v) is 6.61. The summed E-state index contributed by atoms with van der Waals surface area (Å²) in [4.78, 5) is 0. The number of aryl methyl sites for hydroxylation is 2. The molecule has 280 valence electrons. The second-order valence-corrected chi connectivity index (χ2v) is 32.9. The van der Waals surface area contributed by atoms with Crippen molar-refractivity contribution in [3.05, 3.63) is 203 Å². The van der Waals surface area contributed by atoms with Gasteiger partial charge in [0.25, 0.3) is 0 Å². The molecular formula is C50H48Cl2Si2Zr2-2. The molecule has 0 N–H and O–H groups in total. The first kappa shape index (κ1) is 47.7. The summed E-state index contributed by atoms with van der Waals surface area (Å²) < 4.78 is 0. The first-order chi connectivity index (χ1) is 26.1. The first-order valence-corrected chi connectivity index (χ1v) is 30.9. The van der Waals surface area contributed by atoms with Crippen LogP contribution in [0.5, 0.6) is 0 Å². The molecule has 56 heavy (non-hydrogen) atoms. The number of fused-ring (bicyclic) bond motifs is 8. The summed E-state index contributed by atoms with van der Waals surface area (Å²) in [6, 6.07) is 61.9. The normalized spacial score (nSPS) is 10.5. The third-order valence-electron chi connectivity index (χ3n) is 8.76. The number of hydrogen-bond acceptors (Lipinski definition) is 0. The van der Waals surface area contributed by atoms with Crippen molar-refractivity contribution >= 4 is 32.4 Å². The smallest absolute Gasteiger partial charge is 0.0253 e. The van der Waals surface area contributed by atoms with Crippen LogP contribution in [0.25, 0.3) is 43.8 Å². The Labute approximate surface area is 378 Å². The van der Waals surface area contributed by atoms with E-state index in [1.54, 1.807) is 46.7 Å². The van der Waals surface area contributed by atoms with Gasteiger partial charge in [-0.15, -0.1) is 92.3 Å². The van der Waals surface area contributed by atoms with Crippen LogP contribution in [0.3, 0.4) is 0 Å². The van der Waals surface area contributed by atoms with Crippen LogP contribution in [0.4, 0.5) is 0 Å². The van der Waals surface area contributed by atoms with E-state index in [1.165, 1.54) is 77.2 Å². The van der Waals surface area contributed by atoms with E-state index in [1.807, 2.05) is 12.1 Å². The molecule has 10 rings (SSSR count). The number of benzene rings is 6. The van der Waals surface area contributed by atoms with Gasteiger partial charge >= 0.3 is 83.7 Å². The van der Waals surface area contributed by atoms with E-state index in [4.69, 9.17) is 0 Å². The van der Waals surface area contributed by atoms with Crippen molar-refractivity contribution in [3.63, 3.8) is 0 Å². The van der Waals surface area contributed by atoms with E-state index in [0.717, 1.165) is 12.8 Å². The SMILES string of the molecule is C[Si](C)=[Zr+2].C[Si](C)=[Zr+2].Cc1cc2ccccc2[cH-]1.Cc1cc2ccccc2[cH-]1.[Cl-].[Cl-].[c-]1cccc2c1Cc1ccccc1-2.[c-]1cccc2c1Cc1ccccc1-2. The summed E-state index contributed by atoms with van der Waals surface area (Å²) in [7, 11) is 0. The van der Waals surface area contributed by atoms with Crippen molar-refractivity contribution in [3.8, 4) is 22.3 Å². The molecule has 0 aliphatic heterocycles. The van der Waals surface area contributed by atoms with Crippen molar-refractivity contribution in [1.82, 2.24) is 0 Å². The van der Waals surface area contributed by atoms with Gasteiger partial charge in [-0.3, -0.25) is 0 Å². The topological polar surface area (TPSA) is 0 Å². The predicted octanol–water partition coefficient (Wildman–Crippen LogP) is 7.43. The maximum absolute atomic E-state index is 3.30. The zero-order valence-corrected chi connectivity index (χ0v) is 41.6. The van der Waals surface area contributed by atoms with Crippen LogP contribution >= 0.6 is 0 Å². The Hall–Kier alpha value is -2.68. The van der Waals surface area contributed by atoms with Gasteiger partial charge in [-0.05, 0) is 12.8 Å². The summed E-state index contributed by atoms with van der Waals surface area (Å²) >= 11 is 3.48. The summed E-state index contributed by atoms with van der Waals surface area (Å²) in [5, 5.41) is 5.39. The van der Waals surface area contributed by atoms with Crippen molar-refractivity contribution in [2.24, 2.45) is 0 Å². The molecule has 0 heterocycles. The monoisotopic (exact) mass is 954 g/mol. The quantitative estimate of drug-likeness (QED) is 0.110. The van der Waals surface area contributed by atoms with Crippen LogP contribution in [0.15, 0.2) is 158 Å². The zero-order valence-electron chi connectivity index (χ0n) is 33.2. The van der Waals surface area contributed by atoms with Gasteiger partial charge in [-0.2, -0.15) is 71.8 Å². The molecule has 0 nitrogen and oxygen atoms in total. The molecule has 0 fully saturated rings. The number of rotatable bonds is 0. The molecule has 8 aromatic carbocycles. The molecule has 0 amide bonds. The van der Waals surface area contributed by atoms with Crippen molar-refractivity contribution in [2.45, 2.75) is 52.9 Å². The van der Waals surface area contributed by atoms with E-state index in [2.05, 4.69) is 198 Å². The first-order valence-electron chi connectivity index (χ1n) is 18.5. The molecule has 8 aromatic rings. The van der Waals surface area contributed by atoms with Gasteiger partial charge in [-0.1, -0.05) is 96.8 Å². The van der Waals surface area contributed by atoms with Gasteiger partial charge < -0.3 is 24.8 Å². The summed E-state index contributed by atoms with van der Waals surface area (Å²) in [5.41, 5.74) is 14.1. The Kier molecular flexibility index (Phi) is 20.7. The zero-order chi connectivity index (χ0) is 38.5. The molecule has 0 atom stereocenters. The van der Waals surface area contributed by atoms with E-state index < -0.39 is 0 Å². The van der Waals surface area contributed by atoms with E-state index in [0.29, 0.717) is 0 Å². The van der Waals surface area contributed by atoms with Crippen LogP contribution in [0.1, 0.15) is 33.4 Å². The maximum Gasteiger partial charge on any atom is -0.0253 e. The number of hydrogen-bond donors (Lipinski definition) is 0. The summed E-state index contributed by atoms with van der Waals surface area (Å²) in [5.74, 6) is 0. The number of halogens is 2. The fourth-order valence-electron chi connectivity index (χ4n) is 6.61. The van der Waals surface area contributed by atoms with E-state index in [9.17, 15) is 0 Å². The molecule has 0 saturated carbocycles. The van der Waals surface area contributed by atoms with Crippen molar-refractivity contribution in [2.75, 3.05) is 0 Å². The molecule has 0 unspecified atom stereocenters. The van der Waals surface area contributed by atoms with Gasteiger partial charge in [0.05, 0.1) is 0 Å². The molecule has 0 radical (unpaired) electrons. The fraction of sp³-hybridized carbons (Fsp3) is 0.160. The van der Waals surface area contributed by atoms with Crippen LogP contribution in [0.2, 0.25) is 26.2 Å². The Balaban J connectivity index is 0.000000187. The Morgan fingerprint density at radius 2 is 0.786 bits per heavy atom. The van der Waals surface area contributed by atoms with Gasteiger partial charge in [0.2, 0.25) is 0 Å². The molecule has 2 aliphatic carbocycles. The van der Waals surface area contributed by atoms with Crippen molar-refractivity contribution < 1.29 is 71.5 Å². The molecule has 0 aromatic heterocycles. The molecule has 6 heteroatoms. The molecule has 0 saturated heterocycles. The molecule has 0 bridgehead atoms. The third kappa shape index (κ3) is 14.3. The minimum absolute atomic E-state index is 0. The Morgan fingerprint density at radius 3 is 1.16 bits per heavy atom. The van der Waals surface area contributed by atoms with Gasteiger partial charge in [-0.25, -0.2) is 0 Å². The minimum atomic E-state index is 0. The predicted molar refractivity (Wildman–Crippen MR) is 231 cm³/mol. The second-order valence-electron chi connectivity index (χ2n) is 14.1. The van der Waals surface area contributed by atoms with Gasteiger partial charge in [0.1, 0.15) is 0 Å². The largest absolute Gasteiger partial charge is 1.00 e. The second kappa shape index (κ2) is 24.3. The average molecular weight is 958 g/mol. The van der Waals surface area contributed by atoms with Gasteiger partial charge in [0.15, 0.2) is 0 Å². The van der Waals surface area contributed by atoms with Crippen LogP contribution < -0.4 is 24.8 Å². The Morgan fingerprint density at radius 1 is 0.464 bits per heavy atom. The minimum Gasteiger partial charge on any atom is -1.00 e. The molecule has 0 spiro atoms. The standard InChI is InChI=1S/2C13H9.2C10H9.2C2H6Si.2ClH.2Zr/c2*1-3-7-12-10(5-1)9-11-6-2-4-8-13(11)12;2*1-8-6-9-4-2-3-5-10(9)7-8;2*1-3-2;;;;/h2*1-5,7-8H,9H2;2*2-7H,1H3;2*1-2H3;2*1H;;/q4*-1;;;;;2*+2/p-2. The molecular weight excluding hydrogens is 910 g/mol. The summed E-state index contributed by atoms with van der Waals surface area (Å²) in [6.45, 7) is 13.5. The van der Waals surface area contributed by atoms with Crippen LogP contribution in [-0.2, 0) is 59.5 Å². The van der Waals surface area contributed by atoms with Crippen LogP contribution in [0, 0.1) is 26.0 Å². The van der Waals surface area contributed by atoms with Gasteiger partial charge in [0, 0.05) is 0 Å². The van der Waals surface area contributed by atoms with Crippen molar-refractivity contribution in [1.29, 1.82) is 0 Å². The summed E-state index contributed by atoms with van der Waals surface area (Å²) in [6.07, 6.45) is 2.10. The maximum atomic E-state index is 3.30. The van der Waals surface area contributed by atoms with Crippen LogP contribution in [-0.4, -0.2) is 10.9 Å². The van der Waals surface area contributed by atoms with E-state index >= 15 is 0 Å². The van der Waals surface area contributed by atoms with E-state index in [-0.39, 0.29) is 35.7 Å². The Bertz CT molecular complexity index is 2140. The average Bonchev–Trinajstić information content (AvgIpc) is 3.93. The third-order valence-corrected chi connectivity index (χ3v) is 8.76.